The van der Waals surface area contributed by atoms with Crippen LogP contribution in [0.5, 0.6) is 11.5 Å². The van der Waals surface area contributed by atoms with E-state index in [1.54, 1.807) is 6.26 Å². The molecule has 0 bridgehead atoms. The summed E-state index contributed by atoms with van der Waals surface area (Å²) in [6, 6.07) is 21.7. The lowest BCUT2D eigenvalue weighted by Gasteiger charge is -2.13. The van der Waals surface area contributed by atoms with Crippen molar-refractivity contribution in [3.63, 3.8) is 0 Å². The van der Waals surface area contributed by atoms with Crippen molar-refractivity contribution >= 4 is 12.4 Å². The molecule has 25 heavy (non-hydrogen) atoms. The predicted molar refractivity (Wildman–Crippen MR) is 100 cm³/mol. The fourth-order valence-corrected chi connectivity index (χ4v) is 2.28. The number of hydrogen-bond donors (Lipinski definition) is 1. The van der Waals surface area contributed by atoms with E-state index >= 15 is 0 Å². The molecule has 0 atom stereocenters. The maximum absolute atomic E-state index is 5.88. The fourth-order valence-electron chi connectivity index (χ4n) is 2.28. The van der Waals surface area contributed by atoms with Gasteiger partial charge in [0.15, 0.2) is 11.5 Å². The Morgan fingerprint density at radius 3 is 2.24 bits per heavy atom. The number of nitrogens with one attached hydrogen (secondary N) is 1. The van der Waals surface area contributed by atoms with Gasteiger partial charge >= 0.3 is 0 Å². The molecule has 0 aliphatic heterocycles. The van der Waals surface area contributed by atoms with Crippen molar-refractivity contribution in [1.82, 2.24) is 5.32 Å². The Bertz CT molecular complexity index is 717. The zero-order valence-electron chi connectivity index (χ0n) is 13.9. The minimum Gasteiger partial charge on any atom is -0.488 e. The molecule has 2 aromatic carbocycles. The molecule has 3 aromatic rings. The molecule has 3 rings (SSSR count). The van der Waals surface area contributed by atoms with E-state index in [0.717, 1.165) is 29.4 Å². The Morgan fingerprint density at radius 1 is 0.800 bits per heavy atom. The number of furan rings is 1. The van der Waals surface area contributed by atoms with E-state index in [4.69, 9.17) is 13.9 Å². The van der Waals surface area contributed by atoms with Crippen molar-refractivity contribution in [1.29, 1.82) is 0 Å². The molecule has 0 spiro atoms. The van der Waals surface area contributed by atoms with E-state index in [9.17, 15) is 0 Å². The monoisotopic (exact) mass is 359 g/mol. The first kappa shape index (κ1) is 18.9. The predicted octanol–water partition coefficient (Wildman–Crippen LogP) is 4.45. The van der Waals surface area contributed by atoms with E-state index < -0.39 is 0 Å². The number of halogens is 1. The Labute approximate surface area is 154 Å². The summed E-state index contributed by atoms with van der Waals surface area (Å²) in [5.41, 5.74) is 1.13. The Balaban J connectivity index is 0.00000225. The Kier molecular flexibility index (Phi) is 7.89. The van der Waals surface area contributed by atoms with Crippen LogP contribution in [-0.2, 0) is 13.2 Å². The number of hydrogen-bond acceptors (Lipinski definition) is 4. The molecule has 0 saturated carbocycles. The standard InChI is InChI=1S/C20H21NO3.ClH/c1-2-7-17(8-3-1)16-24-20-11-5-4-10-19(20)23-14-12-21-15-18-9-6-13-22-18;/h1-11,13,21H,12,14-16H2;1H. The van der Waals surface area contributed by atoms with Crippen LogP contribution < -0.4 is 14.8 Å². The molecule has 1 N–H and O–H groups in total. The first-order valence-corrected chi connectivity index (χ1v) is 8.03. The van der Waals surface area contributed by atoms with Crippen LogP contribution in [0.25, 0.3) is 0 Å². The summed E-state index contributed by atoms with van der Waals surface area (Å²) in [6.45, 7) is 2.51. The average molecular weight is 360 g/mol. The van der Waals surface area contributed by atoms with Crippen molar-refractivity contribution < 1.29 is 13.9 Å². The third-order valence-corrected chi connectivity index (χ3v) is 3.50. The second-order valence-corrected chi connectivity index (χ2v) is 5.33. The third kappa shape index (κ3) is 6.18. The molecule has 1 heterocycles. The molecule has 0 aliphatic rings. The van der Waals surface area contributed by atoms with Crippen LogP contribution in [0.3, 0.4) is 0 Å². The highest BCUT2D eigenvalue weighted by molar-refractivity contribution is 5.85. The topological polar surface area (TPSA) is 43.6 Å². The summed E-state index contributed by atoms with van der Waals surface area (Å²) in [5.74, 6) is 2.43. The van der Waals surface area contributed by atoms with E-state index in [2.05, 4.69) is 5.32 Å². The van der Waals surface area contributed by atoms with Gasteiger partial charge in [0.1, 0.15) is 19.0 Å². The highest BCUT2D eigenvalue weighted by Crippen LogP contribution is 2.27. The van der Waals surface area contributed by atoms with Crippen LogP contribution in [0.15, 0.2) is 77.4 Å². The summed E-state index contributed by atoms with van der Waals surface area (Å²) in [7, 11) is 0. The molecule has 0 unspecified atom stereocenters. The quantitative estimate of drug-likeness (QED) is 0.573. The van der Waals surface area contributed by atoms with Gasteiger partial charge in [-0.05, 0) is 29.8 Å². The zero-order chi connectivity index (χ0) is 16.5. The molecule has 1 aromatic heterocycles. The molecule has 0 saturated heterocycles. The maximum Gasteiger partial charge on any atom is 0.161 e. The largest absolute Gasteiger partial charge is 0.488 e. The van der Waals surface area contributed by atoms with Crippen LogP contribution in [0.4, 0.5) is 0 Å². The van der Waals surface area contributed by atoms with Crippen molar-refractivity contribution in [3.8, 4) is 11.5 Å². The van der Waals surface area contributed by atoms with Crippen molar-refractivity contribution in [2.24, 2.45) is 0 Å². The van der Waals surface area contributed by atoms with Gasteiger partial charge in [-0.25, -0.2) is 0 Å². The van der Waals surface area contributed by atoms with Gasteiger partial charge in [-0.2, -0.15) is 0 Å². The van der Waals surface area contributed by atoms with Crippen LogP contribution >= 0.6 is 12.4 Å². The minimum absolute atomic E-state index is 0. The summed E-state index contributed by atoms with van der Waals surface area (Å²) < 4.78 is 17.0. The first-order valence-electron chi connectivity index (χ1n) is 8.03. The molecule has 0 aliphatic carbocycles. The van der Waals surface area contributed by atoms with Gasteiger partial charge in [-0.1, -0.05) is 42.5 Å². The van der Waals surface area contributed by atoms with E-state index in [1.807, 2.05) is 66.7 Å². The molecule has 5 heteroatoms. The summed E-state index contributed by atoms with van der Waals surface area (Å²) in [4.78, 5) is 0. The second kappa shape index (κ2) is 10.4. The van der Waals surface area contributed by atoms with Crippen LogP contribution in [0.1, 0.15) is 11.3 Å². The molecule has 0 amide bonds. The van der Waals surface area contributed by atoms with Gasteiger partial charge in [0, 0.05) is 6.54 Å². The second-order valence-electron chi connectivity index (χ2n) is 5.33. The summed E-state index contributed by atoms with van der Waals surface area (Å²) in [6.07, 6.45) is 1.67. The van der Waals surface area contributed by atoms with Gasteiger partial charge in [0.25, 0.3) is 0 Å². The number of rotatable bonds is 9. The zero-order valence-corrected chi connectivity index (χ0v) is 14.7. The van der Waals surface area contributed by atoms with Gasteiger partial charge in [-0.15, -0.1) is 12.4 Å². The van der Waals surface area contributed by atoms with E-state index in [1.165, 1.54) is 0 Å². The number of ether oxygens (including phenoxy) is 2. The fraction of sp³-hybridized carbons (Fsp3) is 0.200. The Hall–Kier alpha value is -2.43. The van der Waals surface area contributed by atoms with Crippen molar-refractivity contribution in [2.45, 2.75) is 13.2 Å². The molecule has 132 valence electrons. The lowest BCUT2D eigenvalue weighted by atomic mass is 10.2. The lowest BCUT2D eigenvalue weighted by molar-refractivity contribution is 0.260. The average Bonchev–Trinajstić information content (AvgIpc) is 3.15. The summed E-state index contributed by atoms with van der Waals surface area (Å²) in [5, 5.41) is 3.28. The molecular formula is C20H22ClNO3. The van der Waals surface area contributed by atoms with Gasteiger partial charge in [-0.3, -0.25) is 0 Å². The van der Waals surface area contributed by atoms with Crippen molar-refractivity contribution in [2.75, 3.05) is 13.2 Å². The highest BCUT2D eigenvalue weighted by atomic mass is 35.5. The van der Waals surface area contributed by atoms with Gasteiger partial charge < -0.3 is 19.2 Å². The number of benzene rings is 2. The first-order chi connectivity index (χ1) is 11.9. The Morgan fingerprint density at radius 2 is 1.52 bits per heavy atom. The lowest BCUT2D eigenvalue weighted by Crippen LogP contribution is -2.20. The van der Waals surface area contributed by atoms with Crippen LogP contribution in [0, 0.1) is 0 Å². The summed E-state index contributed by atoms with van der Waals surface area (Å²) >= 11 is 0. The molecule has 0 radical (unpaired) electrons. The van der Waals surface area contributed by atoms with E-state index in [-0.39, 0.29) is 12.4 Å². The van der Waals surface area contributed by atoms with Crippen LogP contribution in [0.2, 0.25) is 0 Å². The minimum atomic E-state index is 0. The molecular weight excluding hydrogens is 338 g/mol. The van der Waals surface area contributed by atoms with Gasteiger partial charge in [0.2, 0.25) is 0 Å². The third-order valence-electron chi connectivity index (χ3n) is 3.50. The smallest absolute Gasteiger partial charge is 0.161 e. The van der Waals surface area contributed by atoms with Crippen LogP contribution in [-0.4, -0.2) is 13.2 Å². The SMILES string of the molecule is Cl.c1ccc(COc2ccccc2OCCNCc2ccco2)cc1. The maximum atomic E-state index is 5.88. The molecule has 4 nitrogen and oxygen atoms in total. The number of para-hydroxylation sites is 2. The van der Waals surface area contributed by atoms with Crippen molar-refractivity contribution in [3.05, 3.63) is 84.3 Å². The normalized spacial score (nSPS) is 10.1. The van der Waals surface area contributed by atoms with Gasteiger partial charge in [0.05, 0.1) is 12.8 Å². The highest BCUT2D eigenvalue weighted by Gasteiger charge is 2.04. The molecule has 0 fully saturated rings. The van der Waals surface area contributed by atoms with E-state index in [0.29, 0.717) is 19.8 Å².